The van der Waals surface area contributed by atoms with Gasteiger partial charge in [-0.1, -0.05) is 11.8 Å². The Labute approximate surface area is 172 Å². The summed E-state index contributed by atoms with van der Waals surface area (Å²) in [5.74, 6) is 0.489. The predicted molar refractivity (Wildman–Crippen MR) is 105 cm³/mol. The van der Waals surface area contributed by atoms with Crippen LogP contribution < -0.4 is 5.73 Å². The second-order valence-corrected chi connectivity index (χ2v) is 9.41. The van der Waals surface area contributed by atoms with E-state index >= 15 is 0 Å². The van der Waals surface area contributed by atoms with Crippen molar-refractivity contribution in [2.75, 3.05) is 38.2 Å². The summed E-state index contributed by atoms with van der Waals surface area (Å²) in [6.45, 7) is 1.53. The Morgan fingerprint density at radius 2 is 1.97 bits per heavy atom. The Kier molecular flexibility index (Phi) is 6.59. The standard InChI is InChI=1S/C16H22N6O5S2/c1-29(25,26)21-8-6-20(7-9-21)14(24)11-28-16-19-18-15(12-3-2-10-27-12)22(16)5-4-13(17)23/h2-3,10H,4-9,11H2,1H3,(H2,17,23). The zero-order valence-corrected chi connectivity index (χ0v) is 17.5. The minimum atomic E-state index is -3.25. The zero-order valence-electron chi connectivity index (χ0n) is 15.9. The summed E-state index contributed by atoms with van der Waals surface area (Å²) in [6.07, 6.45) is 2.77. The van der Waals surface area contributed by atoms with Gasteiger partial charge < -0.3 is 15.1 Å². The smallest absolute Gasteiger partial charge is 0.233 e. The average molecular weight is 443 g/mol. The molecule has 3 heterocycles. The number of rotatable bonds is 8. The Morgan fingerprint density at radius 1 is 1.24 bits per heavy atom. The van der Waals surface area contributed by atoms with Crippen LogP contribution in [0.1, 0.15) is 6.42 Å². The molecule has 1 saturated heterocycles. The number of aromatic nitrogens is 3. The van der Waals surface area contributed by atoms with Gasteiger partial charge in [0.1, 0.15) is 0 Å². The molecule has 0 atom stereocenters. The van der Waals surface area contributed by atoms with E-state index in [0.717, 1.165) is 6.26 Å². The number of carbonyl (C=O) groups excluding carboxylic acids is 2. The summed E-state index contributed by atoms with van der Waals surface area (Å²) in [5, 5.41) is 8.70. The molecule has 0 spiro atoms. The number of thioether (sulfide) groups is 1. The van der Waals surface area contributed by atoms with Gasteiger partial charge in [-0.3, -0.25) is 14.2 Å². The first-order chi connectivity index (χ1) is 13.8. The topological polar surface area (TPSA) is 145 Å². The fourth-order valence-electron chi connectivity index (χ4n) is 2.89. The number of primary amides is 1. The van der Waals surface area contributed by atoms with Gasteiger partial charge >= 0.3 is 0 Å². The van der Waals surface area contributed by atoms with Gasteiger partial charge in [0, 0.05) is 39.1 Å². The van der Waals surface area contributed by atoms with E-state index in [9.17, 15) is 18.0 Å². The Hall–Kier alpha value is -2.38. The van der Waals surface area contributed by atoms with Gasteiger partial charge in [-0.15, -0.1) is 10.2 Å². The minimum Gasteiger partial charge on any atom is -0.461 e. The van der Waals surface area contributed by atoms with Crippen molar-refractivity contribution in [1.82, 2.24) is 24.0 Å². The van der Waals surface area contributed by atoms with E-state index in [4.69, 9.17) is 10.2 Å². The van der Waals surface area contributed by atoms with Gasteiger partial charge in [0.25, 0.3) is 0 Å². The maximum atomic E-state index is 12.5. The van der Waals surface area contributed by atoms with Crippen molar-refractivity contribution < 1.29 is 22.4 Å². The summed E-state index contributed by atoms with van der Waals surface area (Å²) < 4.78 is 31.6. The molecule has 2 aromatic heterocycles. The highest BCUT2D eigenvalue weighted by molar-refractivity contribution is 7.99. The first-order valence-corrected chi connectivity index (χ1v) is 11.7. The van der Waals surface area contributed by atoms with Crippen molar-refractivity contribution in [1.29, 1.82) is 0 Å². The molecule has 29 heavy (non-hydrogen) atoms. The van der Waals surface area contributed by atoms with Crippen molar-refractivity contribution >= 4 is 33.6 Å². The van der Waals surface area contributed by atoms with E-state index in [1.165, 1.54) is 22.3 Å². The van der Waals surface area contributed by atoms with Gasteiger partial charge in [0.2, 0.25) is 21.8 Å². The summed E-state index contributed by atoms with van der Waals surface area (Å²) in [4.78, 5) is 25.4. The van der Waals surface area contributed by atoms with E-state index in [0.29, 0.717) is 29.8 Å². The lowest BCUT2D eigenvalue weighted by atomic mass is 10.3. The van der Waals surface area contributed by atoms with E-state index in [2.05, 4.69) is 10.2 Å². The molecule has 0 unspecified atom stereocenters. The highest BCUT2D eigenvalue weighted by Crippen LogP contribution is 2.25. The fraction of sp³-hybridized carbons (Fsp3) is 0.500. The Bertz CT molecular complexity index is 964. The third-order valence-electron chi connectivity index (χ3n) is 4.43. The van der Waals surface area contributed by atoms with Gasteiger partial charge in [0.05, 0.1) is 18.3 Å². The summed E-state index contributed by atoms with van der Waals surface area (Å²) in [7, 11) is -3.25. The molecule has 0 aromatic carbocycles. The van der Waals surface area contributed by atoms with Gasteiger partial charge in [0.15, 0.2) is 16.7 Å². The zero-order chi connectivity index (χ0) is 21.0. The molecular formula is C16H22N6O5S2. The Morgan fingerprint density at radius 3 is 2.55 bits per heavy atom. The molecule has 11 nitrogen and oxygen atoms in total. The lowest BCUT2D eigenvalue weighted by Crippen LogP contribution is -2.50. The van der Waals surface area contributed by atoms with E-state index < -0.39 is 15.9 Å². The SMILES string of the molecule is CS(=O)(=O)N1CCN(C(=O)CSc2nnc(-c3ccco3)n2CCC(N)=O)CC1. The molecule has 13 heteroatoms. The number of sulfonamides is 1. The molecule has 0 radical (unpaired) electrons. The number of nitrogens with zero attached hydrogens (tertiary/aromatic N) is 5. The highest BCUT2D eigenvalue weighted by Gasteiger charge is 2.26. The van der Waals surface area contributed by atoms with Crippen molar-refractivity contribution in [2.45, 2.75) is 18.1 Å². The van der Waals surface area contributed by atoms with Crippen LogP contribution in [-0.2, 0) is 26.2 Å². The largest absolute Gasteiger partial charge is 0.461 e. The minimum absolute atomic E-state index is 0.0979. The molecular weight excluding hydrogens is 420 g/mol. The van der Waals surface area contributed by atoms with Crippen molar-refractivity contribution in [3.8, 4) is 11.6 Å². The first kappa shape index (κ1) is 21.3. The molecule has 0 aliphatic carbocycles. The fourth-order valence-corrected chi connectivity index (χ4v) is 4.59. The molecule has 158 valence electrons. The van der Waals surface area contributed by atoms with Crippen LogP contribution in [0.2, 0.25) is 0 Å². The maximum absolute atomic E-state index is 12.5. The molecule has 0 bridgehead atoms. The third kappa shape index (κ3) is 5.36. The molecule has 2 N–H and O–H groups in total. The van der Waals surface area contributed by atoms with Crippen molar-refractivity contribution in [2.24, 2.45) is 5.73 Å². The third-order valence-corrected chi connectivity index (χ3v) is 6.68. The molecule has 1 fully saturated rings. The van der Waals surface area contributed by atoms with E-state index in [1.807, 2.05) is 0 Å². The van der Waals surface area contributed by atoms with Crippen LogP contribution in [0.4, 0.5) is 0 Å². The van der Waals surface area contributed by atoms with Crippen LogP contribution >= 0.6 is 11.8 Å². The van der Waals surface area contributed by atoms with Crippen LogP contribution in [-0.4, -0.2) is 82.4 Å². The van der Waals surface area contributed by atoms with Gasteiger partial charge in [-0.25, -0.2) is 8.42 Å². The summed E-state index contributed by atoms with van der Waals surface area (Å²) >= 11 is 1.20. The number of furan rings is 1. The van der Waals surface area contributed by atoms with Crippen LogP contribution in [0.25, 0.3) is 11.6 Å². The number of piperazine rings is 1. The molecule has 2 aromatic rings. The molecule has 1 aliphatic rings. The molecule has 0 saturated carbocycles. The van der Waals surface area contributed by atoms with Crippen LogP contribution in [0.15, 0.2) is 28.0 Å². The quantitative estimate of drug-likeness (QED) is 0.544. The molecule has 1 aliphatic heterocycles. The molecule has 2 amide bonds. The van der Waals surface area contributed by atoms with Crippen molar-refractivity contribution in [3.05, 3.63) is 18.4 Å². The second-order valence-electron chi connectivity index (χ2n) is 6.48. The van der Waals surface area contributed by atoms with Crippen LogP contribution in [0.5, 0.6) is 0 Å². The second kappa shape index (κ2) is 8.97. The number of nitrogens with two attached hydrogens (primary N) is 1. The average Bonchev–Trinajstić information content (AvgIpc) is 3.33. The van der Waals surface area contributed by atoms with Crippen LogP contribution in [0, 0.1) is 0 Å². The lowest BCUT2D eigenvalue weighted by molar-refractivity contribution is -0.129. The van der Waals surface area contributed by atoms with Gasteiger partial charge in [-0.2, -0.15) is 4.31 Å². The first-order valence-electron chi connectivity index (χ1n) is 8.87. The van der Waals surface area contributed by atoms with Crippen LogP contribution in [0.3, 0.4) is 0 Å². The van der Waals surface area contributed by atoms with Gasteiger partial charge in [-0.05, 0) is 12.1 Å². The predicted octanol–water partition coefficient (Wildman–Crippen LogP) is -0.391. The van der Waals surface area contributed by atoms with E-state index in [1.54, 1.807) is 21.6 Å². The highest BCUT2D eigenvalue weighted by atomic mass is 32.2. The number of amides is 2. The Balaban J connectivity index is 1.64. The molecule has 3 rings (SSSR count). The summed E-state index contributed by atoms with van der Waals surface area (Å²) in [5.41, 5.74) is 5.26. The number of hydrogen-bond acceptors (Lipinski definition) is 8. The number of carbonyl (C=O) groups is 2. The normalized spacial score (nSPS) is 15.6. The lowest BCUT2D eigenvalue weighted by Gasteiger charge is -2.33. The van der Waals surface area contributed by atoms with E-state index in [-0.39, 0.29) is 37.7 Å². The maximum Gasteiger partial charge on any atom is 0.233 e. The summed E-state index contributed by atoms with van der Waals surface area (Å²) in [6, 6.07) is 3.45. The monoisotopic (exact) mass is 442 g/mol. The number of hydrogen-bond donors (Lipinski definition) is 1. The van der Waals surface area contributed by atoms with Crippen molar-refractivity contribution in [3.63, 3.8) is 0 Å².